The molecule has 6 heavy (non-hydrogen) atoms. The van der Waals surface area contributed by atoms with Gasteiger partial charge in [0.1, 0.15) is 0 Å². The van der Waals surface area contributed by atoms with Gasteiger partial charge in [-0.1, -0.05) is 0 Å². The Morgan fingerprint density at radius 2 is 1.17 bits per heavy atom. The van der Waals surface area contributed by atoms with Crippen molar-refractivity contribution in [3.8, 4) is 0 Å². The van der Waals surface area contributed by atoms with Gasteiger partial charge in [-0.05, 0) is 0 Å². The predicted molar refractivity (Wildman–Crippen MR) is 6.44 cm³/mol. The Bertz CT molecular complexity index is 53.7. The van der Waals surface area contributed by atoms with E-state index < -0.39 is 20.1 Å². The molecule has 6 heteroatoms. The van der Waals surface area contributed by atoms with Crippen LogP contribution in [0.2, 0.25) is 0 Å². The molecule has 0 fully saturated rings. The zero-order valence-corrected chi connectivity index (χ0v) is 6.01. The van der Waals surface area contributed by atoms with Crippen molar-refractivity contribution >= 4 is 20.1 Å². The van der Waals surface area contributed by atoms with Crippen LogP contribution in [0.15, 0.2) is 0 Å². The van der Waals surface area contributed by atoms with Gasteiger partial charge in [0, 0.05) is 0 Å². The molecule has 0 aromatic carbocycles. The SMILES string of the molecule is [Co+3].[O]=[Sb]([O-])([O-])[O-]. The molecule has 0 spiro atoms. The van der Waals surface area contributed by atoms with Crippen molar-refractivity contribution in [2.24, 2.45) is 0 Å². The van der Waals surface area contributed by atoms with Crippen molar-refractivity contribution in [2.75, 3.05) is 0 Å². The quantitative estimate of drug-likeness (QED) is 0.406. The first-order chi connectivity index (χ1) is 2.00. The fraction of sp³-hybridized carbons (Fsp3) is 0. The van der Waals surface area contributed by atoms with Crippen LogP contribution in [0.3, 0.4) is 0 Å². The minimum atomic E-state index is -6.10. The van der Waals surface area contributed by atoms with Gasteiger partial charge in [0.15, 0.2) is 0 Å². The van der Waals surface area contributed by atoms with Crippen LogP contribution in [0.25, 0.3) is 0 Å². The molecule has 38 valence electrons. The summed E-state index contributed by atoms with van der Waals surface area (Å²) in [5, 5.41) is 0. The van der Waals surface area contributed by atoms with Crippen LogP contribution in [-0.4, -0.2) is 20.1 Å². The maximum atomic E-state index is 8.64. The van der Waals surface area contributed by atoms with Gasteiger partial charge in [0.2, 0.25) is 0 Å². The van der Waals surface area contributed by atoms with Gasteiger partial charge >= 0.3 is 50.0 Å². The van der Waals surface area contributed by atoms with Crippen molar-refractivity contribution in [2.45, 2.75) is 0 Å². The normalized spacial score (nSPS) is 9.83. The van der Waals surface area contributed by atoms with Crippen LogP contribution in [0, 0.1) is 0 Å². The van der Waals surface area contributed by atoms with Crippen LogP contribution < -0.4 is 10.2 Å². The first kappa shape index (κ1) is 10.1. The first-order valence-electron chi connectivity index (χ1n) is 0.730. The number of hydrogen-bond donors (Lipinski definition) is 0. The Kier molecular flexibility index (Phi) is 5.15. The molecule has 0 unspecified atom stereocenters. The van der Waals surface area contributed by atoms with Gasteiger partial charge in [-0.3, -0.25) is 0 Å². The average Bonchev–Trinajstić information content (AvgIpc) is 0.722. The Morgan fingerprint density at radius 3 is 1.17 bits per heavy atom. The minimum absolute atomic E-state index is 0. The van der Waals surface area contributed by atoms with E-state index in [2.05, 4.69) is 0 Å². The molecular weight excluding hydrogens is 245 g/mol. The van der Waals surface area contributed by atoms with E-state index in [9.17, 15) is 0 Å². The second-order valence-corrected chi connectivity index (χ2v) is 3.00. The molecule has 0 N–H and O–H groups in total. The van der Waals surface area contributed by atoms with Crippen molar-refractivity contribution < 1.29 is 30.0 Å². The Labute approximate surface area is 50.1 Å². The molecule has 0 heterocycles. The van der Waals surface area contributed by atoms with E-state index >= 15 is 0 Å². The summed E-state index contributed by atoms with van der Waals surface area (Å²) >= 11 is -6.10. The maximum absolute atomic E-state index is 8.64. The molecule has 0 aromatic rings. The van der Waals surface area contributed by atoms with Gasteiger partial charge in [0.25, 0.3) is 0 Å². The molecule has 0 saturated carbocycles. The number of rotatable bonds is 0. The summed E-state index contributed by atoms with van der Waals surface area (Å²) in [6.45, 7) is 0. The fourth-order valence-electron chi connectivity index (χ4n) is 0. The molecule has 0 atom stereocenters. The Hall–Kier alpha value is 1.00. The topological polar surface area (TPSA) is 86.2 Å². The summed E-state index contributed by atoms with van der Waals surface area (Å²) < 4.78 is 34.6. The van der Waals surface area contributed by atoms with E-state index in [0.29, 0.717) is 0 Å². The Morgan fingerprint density at radius 1 is 1.17 bits per heavy atom. The molecule has 0 radical (unpaired) electrons. The van der Waals surface area contributed by atoms with E-state index in [-0.39, 0.29) is 16.8 Å². The van der Waals surface area contributed by atoms with Gasteiger partial charge in [0.05, 0.1) is 0 Å². The number of hydrogen-bond acceptors (Lipinski definition) is 4. The van der Waals surface area contributed by atoms with E-state index in [4.69, 9.17) is 13.2 Å². The van der Waals surface area contributed by atoms with Gasteiger partial charge in [-0.25, -0.2) is 0 Å². The third-order valence-electron chi connectivity index (χ3n) is 0. The standard InChI is InChI=1S/Co.4O.Sb/q+3;;3*-1;. The molecule has 0 rings (SSSR count). The van der Waals surface area contributed by atoms with Crippen LogP contribution in [-0.2, 0) is 19.8 Å². The molecule has 0 aromatic heterocycles. The summed E-state index contributed by atoms with van der Waals surface area (Å²) in [7, 11) is 0. The molecule has 0 aliphatic heterocycles. The molecule has 0 saturated heterocycles. The zero-order valence-electron chi connectivity index (χ0n) is 2.41. The second-order valence-electron chi connectivity index (χ2n) is 0.447. The summed E-state index contributed by atoms with van der Waals surface area (Å²) in [6.07, 6.45) is 0. The first-order valence-corrected chi connectivity index (χ1v) is 4.90. The summed E-state index contributed by atoms with van der Waals surface area (Å²) in [5.41, 5.74) is 0. The third kappa shape index (κ3) is 79.5. The van der Waals surface area contributed by atoms with Gasteiger partial charge in [-0.15, -0.1) is 0 Å². The summed E-state index contributed by atoms with van der Waals surface area (Å²) in [5.74, 6) is 0. The molecular formula is CoO4Sb. The third-order valence-corrected chi connectivity index (χ3v) is 0. The zero-order chi connectivity index (χ0) is 4.50. The van der Waals surface area contributed by atoms with Crippen molar-refractivity contribution in [3.63, 3.8) is 0 Å². The summed E-state index contributed by atoms with van der Waals surface area (Å²) in [4.78, 5) is 0. The monoisotopic (exact) mass is 244 g/mol. The van der Waals surface area contributed by atoms with E-state index in [1.54, 1.807) is 0 Å². The van der Waals surface area contributed by atoms with Gasteiger partial charge in [-0.2, -0.15) is 0 Å². The van der Waals surface area contributed by atoms with Crippen LogP contribution in [0.5, 0.6) is 0 Å². The molecule has 0 amide bonds. The average molecular weight is 245 g/mol. The van der Waals surface area contributed by atoms with Crippen molar-refractivity contribution in [1.29, 1.82) is 0 Å². The fourth-order valence-corrected chi connectivity index (χ4v) is 0. The van der Waals surface area contributed by atoms with Crippen LogP contribution in [0.1, 0.15) is 0 Å². The van der Waals surface area contributed by atoms with Crippen molar-refractivity contribution in [3.05, 3.63) is 0 Å². The molecule has 0 aliphatic carbocycles. The van der Waals surface area contributed by atoms with Crippen molar-refractivity contribution in [1.82, 2.24) is 0 Å². The molecule has 0 bridgehead atoms. The van der Waals surface area contributed by atoms with Crippen LogP contribution in [0.4, 0.5) is 0 Å². The predicted octanol–water partition coefficient (Wildman–Crippen LogP) is -4.07. The van der Waals surface area contributed by atoms with E-state index in [1.807, 2.05) is 0 Å². The van der Waals surface area contributed by atoms with Crippen LogP contribution >= 0.6 is 0 Å². The van der Waals surface area contributed by atoms with E-state index in [0.717, 1.165) is 0 Å². The Balaban J connectivity index is 0. The molecule has 0 aliphatic rings. The van der Waals surface area contributed by atoms with Gasteiger partial charge < -0.3 is 0 Å². The van der Waals surface area contributed by atoms with E-state index in [1.165, 1.54) is 0 Å². The summed E-state index contributed by atoms with van der Waals surface area (Å²) in [6, 6.07) is 0. The second kappa shape index (κ2) is 3.07. The molecule has 4 nitrogen and oxygen atoms in total.